The van der Waals surface area contributed by atoms with Gasteiger partial charge in [-0.2, -0.15) is 0 Å². The van der Waals surface area contributed by atoms with Crippen molar-refractivity contribution >= 4 is 33.0 Å². The van der Waals surface area contributed by atoms with Crippen LogP contribution in [0, 0.1) is 0 Å². The largest absolute Gasteiger partial charge is 0.288 e. The Morgan fingerprint density at radius 3 is 1.41 bits per heavy atom. The van der Waals surface area contributed by atoms with Crippen molar-refractivity contribution in [2.75, 3.05) is 0 Å². The summed E-state index contributed by atoms with van der Waals surface area (Å²) in [5.41, 5.74) is 3.80. The number of rotatable bonds is 8. The Morgan fingerprint density at radius 2 is 1.14 bits per heavy atom. The molecule has 2 heterocycles. The van der Waals surface area contributed by atoms with E-state index in [0.29, 0.717) is 11.1 Å². The van der Waals surface area contributed by atoms with Gasteiger partial charge in [0, 0.05) is 35.9 Å². The second kappa shape index (κ2) is 19.3. The number of nitrogens with one attached hydrogen (secondary N) is 2. The topological polar surface area (TPSA) is 124 Å². The number of hydrogen-bond donors (Lipinski definition) is 4. The van der Waals surface area contributed by atoms with Crippen molar-refractivity contribution in [3.8, 4) is 0 Å². The van der Waals surface area contributed by atoms with Crippen molar-refractivity contribution in [3.63, 3.8) is 0 Å². The minimum Gasteiger partial charge on any atom is -0.288 e. The number of unbranched alkanes of at least 4 members (excludes halogenated alkanes) is 2. The molecule has 0 aliphatic carbocycles. The molecule has 8 nitrogen and oxygen atoms in total. The number of pyridine rings is 2. The van der Waals surface area contributed by atoms with Crippen LogP contribution < -0.4 is 11.0 Å². The zero-order valence-corrected chi connectivity index (χ0v) is 19.8. The summed E-state index contributed by atoms with van der Waals surface area (Å²) >= 11 is 0.149. The molecule has 0 fully saturated rings. The van der Waals surface area contributed by atoms with Gasteiger partial charge in [-0.15, -0.1) is 0 Å². The smallest absolute Gasteiger partial charge is 0.274 e. The Kier molecular flexibility index (Phi) is 17.9. The van der Waals surface area contributed by atoms with E-state index < -0.39 is 11.8 Å². The molecule has 158 valence electrons. The molecule has 0 unspecified atom stereocenters. The van der Waals surface area contributed by atoms with E-state index in [1.807, 2.05) is 0 Å². The maximum atomic E-state index is 10.6. The van der Waals surface area contributed by atoms with Gasteiger partial charge in [-0.25, -0.2) is 11.0 Å². The zero-order valence-electron chi connectivity index (χ0n) is 17.0. The third-order valence-corrected chi connectivity index (χ3v) is 7.54. The van der Waals surface area contributed by atoms with Crippen molar-refractivity contribution in [1.29, 1.82) is 0 Å². The summed E-state index contributed by atoms with van der Waals surface area (Å²) < 4.78 is 3.25. The van der Waals surface area contributed by atoms with Crippen LogP contribution in [0.25, 0.3) is 0 Å². The van der Waals surface area contributed by atoms with Crippen LogP contribution in [0.15, 0.2) is 49.1 Å². The Bertz CT molecular complexity index is 603. The summed E-state index contributed by atoms with van der Waals surface area (Å²) in [6.07, 6.45) is 11.7. The zero-order chi connectivity index (χ0) is 21.7. The molecule has 0 aromatic carbocycles. The third kappa shape index (κ3) is 14.6. The SMILES string of the molecule is CCC[CH2][Sn][CH2]CCC.O=C(NO)c1ccncc1.O=C(NO)c1ccncc1. The van der Waals surface area contributed by atoms with Gasteiger partial charge in [0.05, 0.1) is 0 Å². The van der Waals surface area contributed by atoms with E-state index in [-0.39, 0.29) is 21.1 Å². The van der Waals surface area contributed by atoms with Gasteiger partial charge in [-0.05, 0) is 24.3 Å². The van der Waals surface area contributed by atoms with Crippen molar-refractivity contribution in [2.24, 2.45) is 0 Å². The minimum atomic E-state index is -0.526. The fourth-order valence-electron chi connectivity index (χ4n) is 1.86. The van der Waals surface area contributed by atoms with Gasteiger partial charge in [-0.1, -0.05) is 0 Å². The first kappa shape index (κ1) is 27.0. The van der Waals surface area contributed by atoms with Crippen LogP contribution in [0.1, 0.15) is 60.2 Å². The maximum absolute atomic E-state index is 10.6. The fraction of sp³-hybridized carbons (Fsp3) is 0.400. The summed E-state index contributed by atoms with van der Waals surface area (Å²) in [6.45, 7) is 4.58. The molecule has 9 heteroatoms. The minimum absolute atomic E-state index is 0.149. The molecule has 2 radical (unpaired) electrons. The van der Waals surface area contributed by atoms with Crippen LogP contribution in [0.4, 0.5) is 0 Å². The van der Waals surface area contributed by atoms with Crippen LogP contribution in [0.3, 0.4) is 0 Å². The van der Waals surface area contributed by atoms with Gasteiger partial charge in [0.25, 0.3) is 11.8 Å². The molecular weight excluding hydrogens is 479 g/mol. The molecule has 0 saturated heterocycles. The summed E-state index contributed by atoms with van der Waals surface area (Å²) in [6, 6.07) is 6.02. The number of amides is 2. The Morgan fingerprint density at radius 1 is 0.793 bits per heavy atom. The van der Waals surface area contributed by atoms with Crippen LogP contribution in [0.5, 0.6) is 0 Å². The van der Waals surface area contributed by atoms with E-state index in [2.05, 4.69) is 23.8 Å². The molecule has 0 atom stereocenters. The first-order valence-electron chi connectivity index (χ1n) is 9.50. The van der Waals surface area contributed by atoms with Crippen molar-refractivity contribution in [3.05, 3.63) is 60.2 Å². The molecule has 2 amide bonds. The summed E-state index contributed by atoms with van der Waals surface area (Å²) in [7, 11) is 0. The molecule has 0 saturated carbocycles. The van der Waals surface area contributed by atoms with Crippen LogP contribution in [-0.2, 0) is 0 Å². The second-order valence-electron chi connectivity index (χ2n) is 5.81. The normalized spacial score (nSPS) is 9.24. The number of carbonyl (C=O) groups is 2. The third-order valence-electron chi connectivity index (χ3n) is 3.50. The molecule has 0 aliphatic rings. The first-order chi connectivity index (χ1) is 14.1. The number of aromatic nitrogens is 2. The van der Waals surface area contributed by atoms with E-state index >= 15 is 0 Å². The molecule has 29 heavy (non-hydrogen) atoms. The summed E-state index contributed by atoms with van der Waals surface area (Å²) in [5.74, 6) is -1.05. The van der Waals surface area contributed by atoms with Gasteiger partial charge in [-0.3, -0.25) is 30.0 Å². The molecule has 4 N–H and O–H groups in total. The average molecular weight is 509 g/mol. The molecule has 2 rings (SSSR count). The molecule has 2 aromatic heterocycles. The van der Waals surface area contributed by atoms with Crippen LogP contribution in [-0.4, -0.2) is 53.3 Å². The Balaban J connectivity index is 0.000000407. The van der Waals surface area contributed by atoms with E-state index in [4.69, 9.17) is 10.4 Å². The average Bonchev–Trinajstić information content (AvgIpc) is 2.80. The van der Waals surface area contributed by atoms with Crippen molar-refractivity contribution < 1.29 is 20.0 Å². The fourth-order valence-corrected chi connectivity index (χ4v) is 6.02. The quantitative estimate of drug-likeness (QED) is 0.187. The van der Waals surface area contributed by atoms with Gasteiger partial charge >= 0.3 is 69.5 Å². The van der Waals surface area contributed by atoms with Gasteiger partial charge in [0.2, 0.25) is 0 Å². The van der Waals surface area contributed by atoms with E-state index in [1.54, 1.807) is 8.87 Å². The van der Waals surface area contributed by atoms with Gasteiger partial charge in [0.1, 0.15) is 0 Å². The molecule has 2 aromatic rings. The summed E-state index contributed by atoms with van der Waals surface area (Å²) in [4.78, 5) is 28.6. The monoisotopic (exact) mass is 510 g/mol. The van der Waals surface area contributed by atoms with E-state index in [1.165, 1.54) is 85.7 Å². The summed E-state index contributed by atoms with van der Waals surface area (Å²) in [5, 5.41) is 16.3. The Hall–Kier alpha value is -2.04. The van der Waals surface area contributed by atoms with Crippen LogP contribution in [0.2, 0.25) is 8.87 Å². The second-order valence-corrected chi connectivity index (χ2v) is 10.1. The van der Waals surface area contributed by atoms with E-state index in [9.17, 15) is 9.59 Å². The standard InChI is InChI=1S/2C6H6N2O2.2C4H9.Sn/c2*9-6(8-10)5-1-3-7-4-2-5;2*1-3-4-2;/h2*1-4,10H,(H,8,9);2*1,3-4H2,2H3;. The Labute approximate surface area is 182 Å². The van der Waals surface area contributed by atoms with Gasteiger partial charge < -0.3 is 0 Å². The predicted molar refractivity (Wildman–Crippen MR) is 112 cm³/mol. The predicted octanol–water partition coefficient (Wildman–Crippen LogP) is 3.53. The van der Waals surface area contributed by atoms with Crippen LogP contribution >= 0.6 is 0 Å². The molecule has 0 spiro atoms. The molecular formula is C20H30N4O4Sn. The number of nitrogens with zero attached hydrogens (tertiary/aromatic N) is 2. The maximum Gasteiger partial charge on any atom is 0.274 e. The number of hydroxylamine groups is 2. The molecule has 0 bridgehead atoms. The van der Waals surface area contributed by atoms with Gasteiger partial charge in [0.15, 0.2) is 0 Å². The number of carbonyl (C=O) groups excluding carboxylic acids is 2. The number of hydrogen-bond acceptors (Lipinski definition) is 6. The van der Waals surface area contributed by atoms with Crippen molar-refractivity contribution in [1.82, 2.24) is 20.9 Å². The molecule has 0 aliphatic heterocycles. The van der Waals surface area contributed by atoms with E-state index in [0.717, 1.165) is 0 Å². The van der Waals surface area contributed by atoms with Crippen molar-refractivity contribution in [2.45, 2.75) is 48.4 Å². The first-order valence-corrected chi connectivity index (χ1v) is 13.5.